The second-order valence-electron chi connectivity index (χ2n) is 7.65. The lowest BCUT2D eigenvalue weighted by Gasteiger charge is -2.37. The zero-order chi connectivity index (χ0) is 19.5. The molecule has 1 saturated carbocycles. The monoisotopic (exact) mass is 391 g/mol. The SMILES string of the molecule is C[C@@H]1CCN(c2c(O)cc3c(=O)c(C(=O)O)cn(C4CC4)c3c2Cl)C[C@H]1N. The van der Waals surface area contributed by atoms with Crippen molar-refractivity contribution >= 4 is 34.2 Å². The number of halogens is 1. The molecule has 4 N–H and O–H groups in total. The molecule has 0 unspecified atom stereocenters. The maximum absolute atomic E-state index is 12.7. The molecule has 1 aromatic heterocycles. The Labute approximate surface area is 160 Å². The number of phenolic OH excluding ortho intramolecular Hbond substituents is 1. The number of aromatic carboxylic acids is 1. The van der Waals surface area contributed by atoms with Crippen molar-refractivity contribution in [2.24, 2.45) is 11.7 Å². The Morgan fingerprint density at radius 2 is 2.04 bits per heavy atom. The number of phenols is 1. The fourth-order valence-electron chi connectivity index (χ4n) is 3.85. The minimum Gasteiger partial charge on any atom is -0.506 e. The van der Waals surface area contributed by atoms with Crippen LogP contribution in [0.4, 0.5) is 5.69 Å². The number of rotatable bonds is 3. The van der Waals surface area contributed by atoms with Gasteiger partial charge in [0.2, 0.25) is 5.43 Å². The summed E-state index contributed by atoms with van der Waals surface area (Å²) in [5.41, 5.74) is 6.19. The van der Waals surface area contributed by atoms with E-state index in [0.29, 0.717) is 30.2 Å². The fraction of sp³-hybridized carbons (Fsp3) is 0.474. The van der Waals surface area contributed by atoms with Crippen molar-refractivity contribution in [1.82, 2.24) is 4.57 Å². The zero-order valence-electron chi connectivity index (χ0n) is 15.0. The second kappa shape index (κ2) is 6.42. The van der Waals surface area contributed by atoms with Crippen LogP contribution in [0.15, 0.2) is 17.1 Å². The number of aromatic hydroxyl groups is 1. The van der Waals surface area contributed by atoms with Gasteiger partial charge < -0.3 is 25.4 Å². The van der Waals surface area contributed by atoms with Crippen LogP contribution >= 0.6 is 11.6 Å². The number of nitrogens with zero attached hydrogens (tertiary/aromatic N) is 2. The summed E-state index contributed by atoms with van der Waals surface area (Å²) < 4.78 is 1.78. The molecular formula is C19H22ClN3O4. The molecular weight excluding hydrogens is 370 g/mol. The first-order valence-electron chi connectivity index (χ1n) is 9.13. The summed E-state index contributed by atoms with van der Waals surface area (Å²) in [5.74, 6) is -1.03. The van der Waals surface area contributed by atoms with Crippen molar-refractivity contribution in [3.8, 4) is 5.75 Å². The number of anilines is 1. The van der Waals surface area contributed by atoms with E-state index in [1.54, 1.807) is 4.57 Å². The first-order valence-corrected chi connectivity index (χ1v) is 9.51. The molecule has 1 saturated heterocycles. The number of carbonyl (C=O) groups is 1. The van der Waals surface area contributed by atoms with Gasteiger partial charge in [-0.3, -0.25) is 4.79 Å². The Morgan fingerprint density at radius 1 is 1.33 bits per heavy atom. The third-order valence-corrected chi connectivity index (χ3v) is 6.07. The van der Waals surface area contributed by atoms with Crippen molar-refractivity contribution in [2.45, 2.75) is 38.3 Å². The van der Waals surface area contributed by atoms with Crippen LogP contribution in [-0.2, 0) is 0 Å². The summed E-state index contributed by atoms with van der Waals surface area (Å²) in [6.07, 6.45) is 4.05. The quantitative estimate of drug-likeness (QED) is 0.742. The van der Waals surface area contributed by atoms with Crippen LogP contribution in [0, 0.1) is 5.92 Å². The molecule has 0 amide bonds. The lowest BCUT2D eigenvalue weighted by molar-refractivity contribution is 0.0695. The molecule has 144 valence electrons. The Balaban J connectivity index is 1.96. The molecule has 0 radical (unpaired) electrons. The molecule has 0 spiro atoms. The van der Waals surface area contributed by atoms with E-state index in [1.807, 2.05) is 4.90 Å². The smallest absolute Gasteiger partial charge is 0.341 e. The van der Waals surface area contributed by atoms with E-state index in [1.165, 1.54) is 12.3 Å². The number of fused-ring (bicyclic) bond motifs is 1. The molecule has 2 atom stereocenters. The molecule has 1 aromatic carbocycles. The first kappa shape index (κ1) is 18.1. The highest BCUT2D eigenvalue weighted by Crippen LogP contribution is 2.45. The third kappa shape index (κ3) is 2.95. The van der Waals surface area contributed by atoms with E-state index >= 15 is 0 Å². The molecule has 1 aliphatic heterocycles. The van der Waals surface area contributed by atoms with Crippen LogP contribution in [0.3, 0.4) is 0 Å². The number of pyridine rings is 1. The number of carboxylic acid groups (broad SMARTS) is 1. The number of aromatic nitrogens is 1. The third-order valence-electron chi connectivity index (χ3n) is 5.71. The molecule has 7 nitrogen and oxygen atoms in total. The van der Waals surface area contributed by atoms with Crippen molar-refractivity contribution in [2.75, 3.05) is 18.0 Å². The lowest BCUT2D eigenvalue weighted by atomic mass is 9.93. The lowest BCUT2D eigenvalue weighted by Crippen LogP contribution is -2.47. The zero-order valence-corrected chi connectivity index (χ0v) is 15.7. The minimum absolute atomic E-state index is 0.0371. The van der Waals surface area contributed by atoms with Crippen molar-refractivity contribution in [1.29, 1.82) is 0 Å². The van der Waals surface area contributed by atoms with Crippen molar-refractivity contribution in [3.63, 3.8) is 0 Å². The van der Waals surface area contributed by atoms with Gasteiger partial charge in [-0.05, 0) is 31.2 Å². The van der Waals surface area contributed by atoms with Crippen LogP contribution < -0.4 is 16.1 Å². The van der Waals surface area contributed by atoms with E-state index in [-0.39, 0.29) is 33.8 Å². The Kier molecular flexibility index (Phi) is 4.31. The predicted molar refractivity (Wildman–Crippen MR) is 104 cm³/mol. The molecule has 2 aromatic rings. The Bertz CT molecular complexity index is 999. The number of piperidine rings is 1. The van der Waals surface area contributed by atoms with Gasteiger partial charge >= 0.3 is 5.97 Å². The number of hydrogen-bond acceptors (Lipinski definition) is 5. The van der Waals surface area contributed by atoms with E-state index in [9.17, 15) is 19.8 Å². The van der Waals surface area contributed by atoms with Gasteiger partial charge in [0.05, 0.1) is 15.9 Å². The topological polar surface area (TPSA) is 109 Å². The molecule has 1 aliphatic carbocycles. The highest BCUT2D eigenvalue weighted by atomic mass is 35.5. The predicted octanol–water partition coefficient (Wildman–Crippen LogP) is 2.57. The highest BCUT2D eigenvalue weighted by Gasteiger charge is 2.32. The molecule has 2 fully saturated rings. The van der Waals surface area contributed by atoms with Gasteiger partial charge in [0.15, 0.2) is 0 Å². The molecule has 2 heterocycles. The standard InChI is InChI=1S/C19H22ClN3O4/c1-9-4-5-22(8-13(9)21)17-14(24)6-11-16(15(17)20)23(10-2-3-10)7-12(18(11)25)19(26)27/h6-7,9-10,13,24H,2-5,8,21H2,1H3,(H,26,27)/t9-,13-/m1/s1. The van der Waals surface area contributed by atoms with Crippen LogP contribution in [0.25, 0.3) is 10.9 Å². The Morgan fingerprint density at radius 3 is 2.63 bits per heavy atom. The molecule has 27 heavy (non-hydrogen) atoms. The average molecular weight is 392 g/mol. The summed E-state index contributed by atoms with van der Waals surface area (Å²) in [6.45, 7) is 3.36. The largest absolute Gasteiger partial charge is 0.506 e. The van der Waals surface area contributed by atoms with Gasteiger partial charge in [-0.1, -0.05) is 18.5 Å². The summed E-state index contributed by atoms with van der Waals surface area (Å²) in [5, 5.41) is 20.4. The van der Waals surface area contributed by atoms with Gasteiger partial charge in [0.25, 0.3) is 0 Å². The fourth-order valence-corrected chi connectivity index (χ4v) is 4.26. The van der Waals surface area contributed by atoms with Crippen molar-refractivity contribution < 1.29 is 15.0 Å². The van der Waals surface area contributed by atoms with E-state index in [0.717, 1.165) is 19.3 Å². The summed E-state index contributed by atoms with van der Waals surface area (Å²) >= 11 is 6.70. The number of benzene rings is 1. The number of carboxylic acids is 1. The summed E-state index contributed by atoms with van der Waals surface area (Å²) in [7, 11) is 0. The molecule has 4 rings (SSSR count). The van der Waals surface area contributed by atoms with Crippen LogP contribution in [0.1, 0.15) is 42.6 Å². The normalized spacial score (nSPS) is 23.0. The number of nitrogens with two attached hydrogens (primary N) is 1. The van der Waals surface area contributed by atoms with Gasteiger partial charge in [0.1, 0.15) is 17.0 Å². The van der Waals surface area contributed by atoms with E-state index in [2.05, 4.69) is 6.92 Å². The van der Waals surface area contributed by atoms with Crippen LogP contribution in [-0.4, -0.2) is 39.9 Å². The van der Waals surface area contributed by atoms with E-state index in [4.69, 9.17) is 17.3 Å². The van der Waals surface area contributed by atoms with Crippen LogP contribution in [0.5, 0.6) is 5.75 Å². The van der Waals surface area contributed by atoms with Gasteiger partial charge in [0, 0.05) is 31.4 Å². The van der Waals surface area contributed by atoms with E-state index < -0.39 is 11.4 Å². The maximum Gasteiger partial charge on any atom is 0.341 e. The average Bonchev–Trinajstić information content (AvgIpc) is 3.43. The van der Waals surface area contributed by atoms with Crippen LogP contribution in [0.2, 0.25) is 5.02 Å². The molecule has 8 heteroatoms. The number of hydrogen-bond donors (Lipinski definition) is 3. The van der Waals surface area contributed by atoms with Crippen molar-refractivity contribution in [3.05, 3.63) is 33.1 Å². The summed E-state index contributed by atoms with van der Waals surface area (Å²) in [6, 6.07) is 1.42. The molecule has 0 bridgehead atoms. The second-order valence-corrected chi connectivity index (χ2v) is 8.02. The minimum atomic E-state index is -1.29. The van der Waals surface area contributed by atoms with Gasteiger partial charge in [-0.25, -0.2) is 4.79 Å². The first-order chi connectivity index (χ1) is 12.8. The summed E-state index contributed by atoms with van der Waals surface area (Å²) in [4.78, 5) is 26.1. The highest BCUT2D eigenvalue weighted by molar-refractivity contribution is 6.38. The van der Waals surface area contributed by atoms with Gasteiger partial charge in [-0.15, -0.1) is 0 Å². The van der Waals surface area contributed by atoms with Gasteiger partial charge in [-0.2, -0.15) is 0 Å². The maximum atomic E-state index is 12.7. The molecule has 2 aliphatic rings. The Hall–Kier alpha value is -2.25.